The van der Waals surface area contributed by atoms with Gasteiger partial charge in [0.05, 0.1) is 11.3 Å². The number of halogens is 3. The molecule has 4 nitrogen and oxygen atoms in total. The van der Waals surface area contributed by atoms with Gasteiger partial charge in [0.2, 0.25) is 10.0 Å². The molecule has 0 saturated heterocycles. The molecule has 108 valence electrons. The lowest BCUT2D eigenvalue weighted by Crippen LogP contribution is -2.28. The van der Waals surface area contributed by atoms with E-state index >= 15 is 0 Å². The highest BCUT2D eigenvalue weighted by Crippen LogP contribution is 2.20. The van der Waals surface area contributed by atoms with Crippen molar-refractivity contribution in [3.63, 3.8) is 0 Å². The molecular weight excluding hydrogens is 281 g/mol. The van der Waals surface area contributed by atoms with Crippen LogP contribution < -0.4 is 10.5 Å². The van der Waals surface area contributed by atoms with Crippen molar-refractivity contribution in [3.05, 3.63) is 29.3 Å². The zero-order chi connectivity index (χ0) is 14.7. The number of benzene rings is 1. The van der Waals surface area contributed by atoms with Gasteiger partial charge in [-0.05, 0) is 24.1 Å². The number of nitrogens with one attached hydrogen (secondary N) is 1. The molecule has 1 aromatic carbocycles. The van der Waals surface area contributed by atoms with E-state index in [1.165, 1.54) is 6.07 Å². The molecule has 1 aromatic rings. The molecule has 0 bridgehead atoms. The highest BCUT2D eigenvalue weighted by molar-refractivity contribution is 7.89. The Kier molecular flexibility index (Phi) is 4.94. The van der Waals surface area contributed by atoms with Crippen LogP contribution in [0.2, 0.25) is 0 Å². The first-order valence-corrected chi connectivity index (χ1v) is 7.00. The second-order valence-electron chi connectivity index (χ2n) is 4.07. The van der Waals surface area contributed by atoms with Gasteiger partial charge in [-0.15, -0.1) is 0 Å². The Balaban J connectivity index is 2.88. The average molecular weight is 296 g/mol. The van der Waals surface area contributed by atoms with Gasteiger partial charge < -0.3 is 5.73 Å². The smallest absolute Gasteiger partial charge is 0.326 e. The third kappa shape index (κ3) is 4.81. The van der Waals surface area contributed by atoms with E-state index < -0.39 is 29.2 Å². The zero-order valence-corrected chi connectivity index (χ0v) is 11.1. The molecule has 0 aromatic heterocycles. The third-order valence-electron chi connectivity index (χ3n) is 2.48. The molecule has 0 aliphatic heterocycles. The summed E-state index contributed by atoms with van der Waals surface area (Å²) in [5.74, 6) is 0. The second kappa shape index (κ2) is 5.89. The summed E-state index contributed by atoms with van der Waals surface area (Å²) in [6.45, 7) is 1.04. The van der Waals surface area contributed by atoms with Crippen LogP contribution in [-0.2, 0) is 16.6 Å². The van der Waals surface area contributed by atoms with Crippen LogP contribution in [-0.4, -0.2) is 21.1 Å². The number of sulfonamides is 1. The van der Waals surface area contributed by atoms with E-state index in [4.69, 9.17) is 5.73 Å². The lowest BCUT2D eigenvalue weighted by Gasteiger charge is -2.11. The van der Waals surface area contributed by atoms with E-state index in [2.05, 4.69) is 0 Å². The summed E-state index contributed by atoms with van der Waals surface area (Å²) in [5.41, 5.74) is 6.46. The van der Waals surface area contributed by atoms with Gasteiger partial charge in [0.15, 0.2) is 0 Å². The van der Waals surface area contributed by atoms with Gasteiger partial charge in [0.1, 0.15) is 0 Å². The molecule has 0 saturated carbocycles. The van der Waals surface area contributed by atoms with Gasteiger partial charge in [-0.2, -0.15) is 13.2 Å². The summed E-state index contributed by atoms with van der Waals surface area (Å²) in [7, 11) is -3.95. The quantitative estimate of drug-likeness (QED) is 0.868. The van der Waals surface area contributed by atoms with Crippen molar-refractivity contribution in [2.75, 3.05) is 6.54 Å². The molecule has 0 unspecified atom stereocenters. The van der Waals surface area contributed by atoms with Gasteiger partial charge in [-0.3, -0.25) is 0 Å². The van der Waals surface area contributed by atoms with Gasteiger partial charge in [0.25, 0.3) is 0 Å². The minimum absolute atomic E-state index is 0.0439. The van der Waals surface area contributed by atoms with Gasteiger partial charge in [-0.1, -0.05) is 12.1 Å². The summed E-state index contributed by atoms with van der Waals surface area (Å²) < 4.78 is 61.7. The molecule has 8 heteroatoms. The van der Waals surface area contributed by atoms with Crippen LogP contribution >= 0.6 is 0 Å². The average Bonchev–Trinajstić information content (AvgIpc) is 2.27. The molecule has 0 heterocycles. The Morgan fingerprint density at radius 3 is 2.47 bits per heavy atom. The van der Waals surface area contributed by atoms with Crippen LogP contribution in [0.25, 0.3) is 0 Å². The maximum absolute atomic E-state index is 12.0. The zero-order valence-electron chi connectivity index (χ0n) is 10.3. The minimum atomic E-state index is -4.39. The Morgan fingerprint density at radius 2 is 1.95 bits per heavy atom. The van der Waals surface area contributed by atoms with Crippen LogP contribution in [0.4, 0.5) is 13.2 Å². The maximum atomic E-state index is 12.0. The molecule has 0 amide bonds. The Morgan fingerprint density at radius 1 is 1.32 bits per heavy atom. The molecule has 0 atom stereocenters. The Bertz CT molecular complexity index is 541. The highest BCUT2D eigenvalue weighted by atomic mass is 32.2. The lowest BCUT2D eigenvalue weighted by atomic mass is 10.1. The summed E-state index contributed by atoms with van der Waals surface area (Å²) in [4.78, 5) is -0.0439. The van der Waals surface area contributed by atoms with Crippen molar-refractivity contribution in [3.8, 4) is 0 Å². The fourth-order valence-corrected chi connectivity index (χ4v) is 2.79. The van der Waals surface area contributed by atoms with E-state index in [-0.39, 0.29) is 11.4 Å². The molecular formula is C11H15F3N2O2S. The topological polar surface area (TPSA) is 72.2 Å². The number of rotatable bonds is 5. The molecule has 0 radical (unpaired) electrons. The van der Waals surface area contributed by atoms with E-state index in [9.17, 15) is 21.6 Å². The van der Waals surface area contributed by atoms with Crippen LogP contribution in [0.1, 0.15) is 17.5 Å². The largest absolute Gasteiger partial charge is 0.390 e. The van der Waals surface area contributed by atoms with E-state index in [1.807, 2.05) is 4.72 Å². The third-order valence-corrected chi connectivity index (χ3v) is 4.08. The molecule has 0 fully saturated rings. The summed E-state index contributed by atoms with van der Waals surface area (Å²) in [6, 6.07) is 4.61. The number of alkyl halides is 3. The first-order valence-electron chi connectivity index (χ1n) is 5.52. The highest BCUT2D eigenvalue weighted by Gasteiger charge is 2.27. The minimum Gasteiger partial charge on any atom is -0.326 e. The normalized spacial score (nSPS) is 12.7. The van der Waals surface area contributed by atoms with E-state index in [0.29, 0.717) is 11.1 Å². The summed E-state index contributed by atoms with van der Waals surface area (Å²) in [6.07, 6.45) is -5.60. The van der Waals surface area contributed by atoms with Gasteiger partial charge in [0, 0.05) is 13.1 Å². The van der Waals surface area contributed by atoms with E-state index in [0.717, 1.165) is 0 Å². The predicted molar refractivity (Wildman–Crippen MR) is 64.9 cm³/mol. The Labute approximate surface area is 109 Å². The SMILES string of the molecule is Cc1ccc(CN)cc1S(=O)(=O)NCCC(F)(F)F. The first kappa shape index (κ1) is 15.9. The lowest BCUT2D eigenvalue weighted by molar-refractivity contribution is -0.132. The Hall–Kier alpha value is -1.12. The van der Waals surface area contributed by atoms with Crippen LogP contribution in [0.5, 0.6) is 0 Å². The monoisotopic (exact) mass is 296 g/mol. The first-order chi connectivity index (χ1) is 8.65. The van der Waals surface area contributed by atoms with Crippen LogP contribution in [0.15, 0.2) is 23.1 Å². The number of aryl methyl sites for hydroxylation is 1. The summed E-state index contributed by atoms with van der Waals surface area (Å²) in [5, 5.41) is 0. The van der Waals surface area contributed by atoms with Crippen molar-refractivity contribution in [1.29, 1.82) is 0 Å². The van der Waals surface area contributed by atoms with Gasteiger partial charge in [-0.25, -0.2) is 13.1 Å². The van der Waals surface area contributed by atoms with Crippen molar-refractivity contribution in [2.24, 2.45) is 5.73 Å². The molecule has 0 aliphatic carbocycles. The number of hydrogen-bond acceptors (Lipinski definition) is 3. The standard InChI is InChI=1S/C11H15F3N2O2S/c1-8-2-3-9(7-15)6-10(8)19(17,18)16-5-4-11(12,13)14/h2-3,6,16H,4-5,7,15H2,1H3. The second-order valence-corrected chi connectivity index (χ2v) is 5.80. The fourth-order valence-electron chi connectivity index (χ4n) is 1.47. The fraction of sp³-hybridized carbons (Fsp3) is 0.455. The molecule has 0 spiro atoms. The maximum Gasteiger partial charge on any atom is 0.390 e. The number of hydrogen-bond donors (Lipinski definition) is 2. The summed E-state index contributed by atoms with van der Waals surface area (Å²) >= 11 is 0. The van der Waals surface area contributed by atoms with Crippen LogP contribution in [0.3, 0.4) is 0 Å². The van der Waals surface area contributed by atoms with E-state index in [1.54, 1.807) is 19.1 Å². The van der Waals surface area contributed by atoms with Crippen molar-refractivity contribution in [1.82, 2.24) is 4.72 Å². The predicted octanol–water partition coefficient (Wildman–Crippen LogP) is 1.68. The van der Waals surface area contributed by atoms with Crippen molar-refractivity contribution >= 4 is 10.0 Å². The van der Waals surface area contributed by atoms with Crippen LogP contribution in [0, 0.1) is 6.92 Å². The molecule has 19 heavy (non-hydrogen) atoms. The molecule has 0 aliphatic rings. The van der Waals surface area contributed by atoms with Gasteiger partial charge >= 0.3 is 6.18 Å². The van der Waals surface area contributed by atoms with Crippen molar-refractivity contribution < 1.29 is 21.6 Å². The number of nitrogens with two attached hydrogens (primary N) is 1. The molecule has 3 N–H and O–H groups in total. The molecule has 1 rings (SSSR count). The van der Waals surface area contributed by atoms with Crippen molar-refractivity contribution in [2.45, 2.75) is 31.0 Å².